The highest BCUT2D eigenvalue weighted by molar-refractivity contribution is 5.98. The number of rotatable bonds is 7. The summed E-state index contributed by atoms with van der Waals surface area (Å²) < 4.78 is 5.67. The third-order valence-electron chi connectivity index (χ3n) is 4.82. The SMILES string of the molecule is CCC(=O)N1CCc2cc(C(=O)N(C)CCCOc3ccccc3)ccc21. The van der Waals surface area contributed by atoms with Crippen LogP contribution >= 0.6 is 0 Å². The van der Waals surface area contributed by atoms with Crippen molar-refractivity contribution in [2.75, 3.05) is 31.6 Å². The standard InChI is InChI=1S/C22H26N2O3/c1-3-21(25)24-14-12-17-16-18(10-11-20(17)24)22(26)23(2)13-7-15-27-19-8-5-4-6-9-19/h4-6,8-11,16H,3,7,12-15H2,1-2H3. The molecule has 0 saturated carbocycles. The van der Waals surface area contributed by atoms with Gasteiger partial charge in [0.25, 0.3) is 5.91 Å². The normalized spacial score (nSPS) is 12.6. The van der Waals surface area contributed by atoms with Crippen molar-refractivity contribution in [1.82, 2.24) is 4.90 Å². The Morgan fingerprint density at radius 3 is 2.67 bits per heavy atom. The van der Waals surface area contributed by atoms with Crippen LogP contribution in [0.15, 0.2) is 48.5 Å². The molecule has 2 aromatic carbocycles. The molecule has 3 rings (SSSR count). The van der Waals surface area contributed by atoms with Gasteiger partial charge < -0.3 is 14.5 Å². The Balaban J connectivity index is 1.54. The number of para-hydroxylation sites is 1. The van der Waals surface area contributed by atoms with Crippen molar-refractivity contribution in [2.24, 2.45) is 0 Å². The largest absolute Gasteiger partial charge is 0.494 e. The summed E-state index contributed by atoms with van der Waals surface area (Å²) in [4.78, 5) is 28.2. The summed E-state index contributed by atoms with van der Waals surface area (Å²) in [6.07, 6.45) is 2.06. The van der Waals surface area contributed by atoms with E-state index < -0.39 is 0 Å². The molecule has 0 fully saturated rings. The minimum Gasteiger partial charge on any atom is -0.494 e. The van der Waals surface area contributed by atoms with Gasteiger partial charge in [-0.05, 0) is 48.7 Å². The van der Waals surface area contributed by atoms with Gasteiger partial charge in [-0.3, -0.25) is 9.59 Å². The van der Waals surface area contributed by atoms with Crippen LogP contribution in [0, 0.1) is 0 Å². The molecule has 0 spiro atoms. The Morgan fingerprint density at radius 2 is 1.93 bits per heavy atom. The predicted octanol–water partition coefficient (Wildman–Crippen LogP) is 3.53. The number of benzene rings is 2. The van der Waals surface area contributed by atoms with Crippen LogP contribution in [-0.4, -0.2) is 43.5 Å². The number of carbonyl (C=O) groups excluding carboxylic acids is 2. The lowest BCUT2D eigenvalue weighted by Crippen LogP contribution is -2.29. The van der Waals surface area contributed by atoms with Gasteiger partial charge >= 0.3 is 0 Å². The predicted molar refractivity (Wildman–Crippen MR) is 106 cm³/mol. The van der Waals surface area contributed by atoms with Crippen LogP contribution in [0.1, 0.15) is 35.7 Å². The van der Waals surface area contributed by atoms with E-state index in [1.807, 2.05) is 67.4 Å². The zero-order valence-electron chi connectivity index (χ0n) is 16.0. The summed E-state index contributed by atoms with van der Waals surface area (Å²) in [5, 5.41) is 0. The fourth-order valence-electron chi connectivity index (χ4n) is 3.32. The number of nitrogens with zero attached hydrogens (tertiary/aromatic N) is 2. The van der Waals surface area contributed by atoms with Gasteiger partial charge in [0.2, 0.25) is 5.91 Å². The fourth-order valence-corrected chi connectivity index (χ4v) is 3.32. The van der Waals surface area contributed by atoms with Crippen LogP contribution in [0.4, 0.5) is 5.69 Å². The summed E-state index contributed by atoms with van der Waals surface area (Å²) in [7, 11) is 1.81. The highest BCUT2D eigenvalue weighted by atomic mass is 16.5. The van der Waals surface area contributed by atoms with Crippen LogP contribution in [0.5, 0.6) is 5.75 Å². The van der Waals surface area contributed by atoms with E-state index in [-0.39, 0.29) is 11.8 Å². The zero-order chi connectivity index (χ0) is 19.2. The maximum Gasteiger partial charge on any atom is 0.253 e. The minimum atomic E-state index is -0.00206. The highest BCUT2D eigenvalue weighted by Crippen LogP contribution is 2.29. The van der Waals surface area contributed by atoms with Gasteiger partial charge in [0.05, 0.1) is 6.61 Å². The van der Waals surface area contributed by atoms with Crippen LogP contribution in [-0.2, 0) is 11.2 Å². The average Bonchev–Trinajstić information content (AvgIpc) is 3.14. The van der Waals surface area contributed by atoms with E-state index in [4.69, 9.17) is 4.74 Å². The first kappa shape index (κ1) is 19.0. The van der Waals surface area contributed by atoms with Crippen molar-refractivity contribution in [1.29, 1.82) is 0 Å². The van der Waals surface area contributed by atoms with E-state index in [0.29, 0.717) is 31.7 Å². The second-order valence-electron chi connectivity index (χ2n) is 6.73. The summed E-state index contributed by atoms with van der Waals surface area (Å²) >= 11 is 0. The number of carbonyl (C=O) groups is 2. The molecule has 27 heavy (non-hydrogen) atoms. The Hall–Kier alpha value is -2.82. The summed E-state index contributed by atoms with van der Waals surface area (Å²) in [5.41, 5.74) is 2.69. The molecule has 0 atom stereocenters. The number of hydrogen-bond acceptors (Lipinski definition) is 3. The van der Waals surface area contributed by atoms with E-state index in [9.17, 15) is 9.59 Å². The van der Waals surface area contributed by atoms with Crippen LogP contribution in [0.25, 0.3) is 0 Å². The van der Waals surface area contributed by atoms with Crippen molar-refractivity contribution >= 4 is 17.5 Å². The summed E-state index contributed by atoms with van der Waals surface area (Å²) in [5.74, 6) is 0.970. The first-order valence-corrected chi connectivity index (χ1v) is 9.46. The van der Waals surface area contributed by atoms with Gasteiger partial charge in [0.15, 0.2) is 0 Å². The van der Waals surface area contributed by atoms with Crippen LogP contribution in [0.3, 0.4) is 0 Å². The molecule has 1 aliphatic rings. The monoisotopic (exact) mass is 366 g/mol. The first-order valence-electron chi connectivity index (χ1n) is 9.46. The molecule has 0 aliphatic carbocycles. The van der Waals surface area contributed by atoms with E-state index in [1.165, 1.54) is 0 Å². The van der Waals surface area contributed by atoms with E-state index in [0.717, 1.165) is 29.8 Å². The molecule has 2 amide bonds. The first-order chi connectivity index (χ1) is 13.1. The smallest absolute Gasteiger partial charge is 0.253 e. The molecule has 1 aliphatic heterocycles. The minimum absolute atomic E-state index is 0.00206. The van der Waals surface area contributed by atoms with Crippen molar-refractivity contribution < 1.29 is 14.3 Å². The number of anilines is 1. The second-order valence-corrected chi connectivity index (χ2v) is 6.73. The third kappa shape index (κ3) is 4.48. The third-order valence-corrected chi connectivity index (χ3v) is 4.82. The Bertz CT molecular complexity index is 804. The second kappa shape index (κ2) is 8.71. The highest BCUT2D eigenvalue weighted by Gasteiger charge is 2.24. The lowest BCUT2D eigenvalue weighted by molar-refractivity contribution is -0.118. The molecule has 0 radical (unpaired) electrons. The number of amides is 2. The van der Waals surface area contributed by atoms with Gasteiger partial charge in [-0.2, -0.15) is 0 Å². The molecule has 0 bridgehead atoms. The molecule has 0 N–H and O–H groups in total. The molecule has 0 unspecified atom stereocenters. The zero-order valence-corrected chi connectivity index (χ0v) is 16.0. The van der Waals surface area contributed by atoms with Gasteiger partial charge in [-0.25, -0.2) is 0 Å². The Kier molecular flexibility index (Phi) is 6.12. The topological polar surface area (TPSA) is 49.9 Å². The lowest BCUT2D eigenvalue weighted by atomic mass is 10.1. The van der Waals surface area contributed by atoms with E-state index >= 15 is 0 Å². The maximum absolute atomic E-state index is 12.7. The average molecular weight is 366 g/mol. The number of ether oxygens (including phenoxy) is 1. The summed E-state index contributed by atoms with van der Waals surface area (Å²) in [6.45, 7) is 3.77. The molecule has 142 valence electrons. The Labute approximate surface area is 160 Å². The van der Waals surface area contributed by atoms with Crippen molar-refractivity contribution in [2.45, 2.75) is 26.2 Å². The van der Waals surface area contributed by atoms with Crippen molar-refractivity contribution in [3.8, 4) is 5.75 Å². The van der Waals surface area contributed by atoms with Crippen LogP contribution in [0.2, 0.25) is 0 Å². The summed E-state index contributed by atoms with van der Waals surface area (Å²) in [6, 6.07) is 15.3. The van der Waals surface area contributed by atoms with Gasteiger partial charge in [-0.1, -0.05) is 25.1 Å². The van der Waals surface area contributed by atoms with Crippen molar-refractivity contribution in [3.05, 3.63) is 59.7 Å². The molecule has 5 heteroatoms. The number of fused-ring (bicyclic) bond motifs is 1. The van der Waals surface area contributed by atoms with E-state index in [1.54, 1.807) is 4.90 Å². The molecule has 1 heterocycles. The Morgan fingerprint density at radius 1 is 1.15 bits per heavy atom. The van der Waals surface area contributed by atoms with E-state index in [2.05, 4.69) is 0 Å². The number of hydrogen-bond donors (Lipinski definition) is 0. The molecule has 5 nitrogen and oxygen atoms in total. The molecular weight excluding hydrogens is 340 g/mol. The molecule has 0 saturated heterocycles. The molecule has 2 aromatic rings. The quantitative estimate of drug-likeness (QED) is 0.705. The van der Waals surface area contributed by atoms with Gasteiger partial charge in [0, 0.05) is 37.8 Å². The molecular formula is C22H26N2O3. The molecule has 0 aromatic heterocycles. The lowest BCUT2D eigenvalue weighted by Gasteiger charge is -2.19. The maximum atomic E-state index is 12.7. The van der Waals surface area contributed by atoms with Crippen molar-refractivity contribution in [3.63, 3.8) is 0 Å². The van der Waals surface area contributed by atoms with Crippen LogP contribution < -0.4 is 9.64 Å². The van der Waals surface area contributed by atoms with Gasteiger partial charge in [0.1, 0.15) is 5.75 Å². The van der Waals surface area contributed by atoms with Gasteiger partial charge in [-0.15, -0.1) is 0 Å². The fraction of sp³-hybridized carbons (Fsp3) is 0.364.